The molecule has 3 aliphatic heterocycles. The number of para-hydroxylation sites is 1. The Bertz CT molecular complexity index is 2470. The molecule has 4 amide bonds. The van der Waals surface area contributed by atoms with Gasteiger partial charge < -0.3 is 29.9 Å². The number of imide groups is 1. The second-order valence-electron chi connectivity index (χ2n) is 17.2. The number of pyridine rings is 1. The van der Waals surface area contributed by atoms with E-state index in [1.54, 1.807) is 29.3 Å². The lowest BCUT2D eigenvalue weighted by atomic mass is 9.85. The number of hydrogen-bond acceptors (Lipinski definition) is 11. The Kier molecular flexibility index (Phi) is 11.1. The van der Waals surface area contributed by atoms with E-state index in [9.17, 15) is 19.5 Å². The Morgan fingerprint density at radius 3 is 2.48 bits per heavy atom. The third kappa shape index (κ3) is 8.23. The number of phenolic OH excluding ortho intramolecular Hbond substituents is 1. The quantitative estimate of drug-likeness (QED) is 0.167. The number of morpholine rings is 1. The molecule has 2 aromatic carbocycles. The number of carbonyl (C=O) groups excluding carboxylic acids is 3. The van der Waals surface area contributed by atoms with Gasteiger partial charge in [-0.15, -0.1) is 10.2 Å². The average molecular weight is 827 g/mol. The predicted molar refractivity (Wildman–Crippen MR) is 234 cm³/mol. The number of urea groups is 1. The zero-order chi connectivity index (χ0) is 42.4. The van der Waals surface area contributed by atoms with Crippen LogP contribution in [0.3, 0.4) is 0 Å². The van der Waals surface area contributed by atoms with Gasteiger partial charge in [0, 0.05) is 87.5 Å². The third-order valence-corrected chi connectivity index (χ3v) is 13.0. The van der Waals surface area contributed by atoms with Crippen LogP contribution in [0.4, 0.5) is 22.0 Å². The van der Waals surface area contributed by atoms with Crippen LogP contribution in [0.1, 0.15) is 78.2 Å². The van der Waals surface area contributed by atoms with Gasteiger partial charge in [0.1, 0.15) is 17.5 Å². The van der Waals surface area contributed by atoms with Crippen molar-refractivity contribution in [2.45, 2.75) is 71.1 Å². The fourth-order valence-corrected chi connectivity index (χ4v) is 9.72. The van der Waals surface area contributed by atoms with E-state index in [-0.39, 0.29) is 36.2 Å². The zero-order valence-corrected chi connectivity index (χ0v) is 35.1. The number of nitrogens with zero attached hydrogens (tertiary/aromatic N) is 8. The molecule has 3 aromatic heterocycles. The number of rotatable bonds is 8. The maximum Gasteiger partial charge on any atom is 0.328 e. The number of nitrogens with one attached hydrogen (secondary N) is 1. The van der Waals surface area contributed by atoms with Gasteiger partial charge in [-0.1, -0.05) is 24.3 Å². The summed E-state index contributed by atoms with van der Waals surface area (Å²) in [6.45, 7) is 11.8. The number of aromatic nitrogens is 4. The molecular formula is C46H54N10O5. The van der Waals surface area contributed by atoms with E-state index < -0.39 is 6.03 Å². The highest BCUT2D eigenvalue weighted by Gasteiger charge is 2.32. The number of anilines is 3. The SMILES string of the molecule is Cc1cc([C@@H]2CN(c3cc(-c4ccccc4O)nnc3N)C[C@H](C)O2)ccc1C(=O)N1CCN(CC2CCC(n3cc(C)c4cc(N5CCC(=O)NC5=O)cnc43)CC2)CC1. The van der Waals surface area contributed by atoms with Gasteiger partial charge in [0.05, 0.1) is 29.4 Å². The first-order valence-electron chi connectivity index (χ1n) is 21.5. The van der Waals surface area contributed by atoms with Crippen LogP contribution in [-0.4, -0.2) is 111 Å². The average Bonchev–Trinajstić information content (AvgIpc) is 3.59. The molecule has 5 aromatic rings. The molecule has 3 saturated heterocycles. The van der Waals surface area contributed by atoms with Crippen LogP contribution in [-0.2, 0) is 9.53 Å². The van der Waals surface area contributed by atoms with Gasteiger partial charge in [-0.3, -0.25) is 24.7 Å². The van der Waals surface area contributed by atoms with Crippen molar-refractivity contribution in [2.24, 2.45) is 5.92 Å². The second kappa shape index (κ2) is 16.8. The highest BCUT2D eigenvalue weighted by Crippen LogP contribution is 2.38. The maximum absolute atomic E-state index is 13.9. The lowest BCUT2D eigenvalue weighted by Crippen LogP contribution is -2.50. The lowest BCUT2D eigenvalue weighted by molar-refractivity contribution is -0.120. The van der Waals surface area contributed by atoms with E-state index in [0.29, 0.717) is 67.4 Å². The largest absolute Gasteiger partial charge is 0.507 e. The van der Waals surface area contributed by atoms with Crippen molar-refractivity contribution in [1.29, 1.82) is 0 Å². The molecule has 6 heterocycles. The standard InChI is InChI=1S/C46H54N10O5/c1-28-20-32(41-27-54(25-30(3)61-41)39-22-38(50-51-43(39)47)36-6-4-5-7-40(36)57)10-13-35(28)45(59)53-18-16-52(17-19-53)26-31-8-11-33(12-9-31)56-24-29(2)37-21-34(23-48-44(37)56)55-15-14-42(58)49-46(55)60/h4-7,10,13,20-24,30-31,33,41,57H,8-9,11-12,14-19,25-27H2,1-3H3,(H2,47,51)(H,49,58,60)/t30-,31?,33?,41-/m0/s1. The highest BCUT2D eigenvalue weighted by atomic mass is 16.5. The van der Waals surface area contributed by atoms with Crippen molar-refractivity contribution in [3.63, 3.8) is 0 Å². The second-order valence-corrected chi connectivity index (χ2v) is 17.2. The topological polar surface area (TPSA) is 175 Å². The summed E-state index contributed by atoms with van der Waals surface area (Å²) in [7, 11) is 0. The molecule has 2 atom stereocenters. The first-order chi connectivity index (χ1) is 29.5. The molecule has 0 radical (unpaired) electrons. The van der Waals surface area contributed by atoms with E-state index >= 15 is 0 Å². The molecule has 0 unspecified atom stereocenters. The van der Waals surface area contributed by atoms with Crippen molar-refractivity contribution in [2.75, 3.05) is 67.9 Å². The van der Waals surface area contributed by atoms with Crippen molar-refractivity contribution < 1.29 is 24.2 Å². The number of nitrogens with two attached hydrogens (primary N) is 1. The predicted octanol–water partition coefficient (Wildman–Crippen LogP) is 6.00. The molecule has 0 spiro atoms. The molecular weight excluding hydrogens is 773 g/mol. The van der Waals surface area contributed by atoms with Gasteiger partial charge in [-0.25, -0.2) is 9.78 Å². The van der Waals surface area contributed by atoms with Crippen LogP contribution in [0, 0.1) is 19.8 Å². The highest BCUT2D eigenvalue weighted by molar-refractivity contribution is 6.06. The minimum Gasteiger partial charge on any atom is -0.507 e. The van der Waals surface area contributed by atoms with Crippen LogP contribution in [0.5, 0.6) is 5.75 Å². The number of piperazine rings is 1. The van der Waals surface area contributed by atoms with E-state index in [0.717, 1.165) is 84.3 Å². The fraction of sp³-hybridized carbons (Fsp3) is 0.435. The number of hydrogen-bond donors (Lipinski definition) is 3. The Morgan fingerprint density at radius 2 is 1.72 bits per heavy atom. The fourth-order valence-electron chi connectivity index (χ4n) is 9.72. The molecule has 15 heteroatoms. The Hall–Kier alpha value is -6.06. The monoisotopic (exact) mass is 826 g/mol. The van der Waals surface area contributed by atoms with Gasteiger partial charge in [0.2, 0.25) is 5.91 Å². The summed E-state index contributed by atoms with van der Waals surface area (Å²) in [6.07, 6.45) is 8.34. The van der Waals surface area contributed by atoms with Gasteiger partial charge in [0.15, 0.2) is 5.82 Å². The molecule has 1 aliphatic carbocycles. The van der Waals surface area contributed by atoms with Crippen molar-refractivity contribution in [1.82, 2.24) is 34.9 Å². The van der Waals surface area contributed by atoms with Crippen molar-refractivity contribution >= 4 is 46.1 Å². The summed E-state index contributed by atoms with van der Waals surface area (Å²) < 4.78 is 8.76. The number of aryl methyl sites for hydroxylation is 2. The minimum atomic E-state index is -0.398. The minimum absolute atomic E-state index is 0.0698. The van der Waals surface area contributed by atoms with Crippen LogP contribution in [0.15, 0.2) is 67.0 Å². The first-order valence-corrected chi connectivity index (χ1v) is 21.5. The number of amides is 4. The summed E-state index contributed by atoms with van der Waals surface area (Å²) in [5.41, 5.74) is 13.7. The summed E-state index contributed by atoms with van der Waals surface area (Å²) in [6, 6.07) is 17.0. The van der Waals surface area contributed by atoms with Crippen LogP contribution >= 0.6 is 0 Å². The van der Waals surface area contributed by atoms with Crippen LogP contribution in [0.25, 0.3) is 22.3 Å². The van der Waals surface area contributed by atoms with Gasteiger partial charge in [-0.05, 0) is 99.4 Å². The molecule has 4 aliphatic rings. The van der Waals surface area contributed by atoms with Gasteiger partial charge in [0.25, 0.3) is 5.91 Å². The first kappa shape index (κ1) is 40.4. The lowest BCUT2D eigenvalue weighted by Gasteiger charge is -2.39. The van der Waals surface area contributed by atoms with Crippen molar-refractivity contribution in [3.8, 4) is 17.0 Å². The van der Waals surface area contributed by atoms with E-state index in [2.05, 4.69) is 49.1 Å². The molecule has 0 bridgehead atoms. The Morgan fingerprint density at radius 1 is 0.934 bits per heavy atom. The number of aromatic hydroxyl groups is 1. The van der Waals surface area contributed by atoms with Gasteiger partial charge >= 0.3 is 6.03 Å². The molecule has 61 heavy (non-hydrogen) atoms. The number of ether oxygens (including phenoxy) is 1. The number of phenols is 1. The Labute approximate surface area is 355 Å². The van der Waals surface area contributed by atoms with E-state index in [4.69, 9.17) is 15.5 Å². The molecule has 318 valence electrons. The number of fused-ring (bicyclic) bond motifs is 1. The van der Waals surface area contributed by atoms with Gasteiger partial charge in [-0.2, -0.15) is 0 Å². The summed E-state index contributed by atoms with van der Waals surface area (Å²) in [5, 5.41) is 22.4. The number of carbonyl (C=O) groups is 3. The molecule has 9 rings (SSSR count). The Balaban J connectivity index is 0.776. The summed E-state index contributed by atoms with van der Waals surface area (Å²) in [5.74, 6) is 0.881. The maximum atomic E-state index is 13.9. The van der Waals surface area contributed by atoms with Crippen LogP contribution in [0.2, 0.25) is 0 Å². The summed E-state index contributed by atoms with van der Waals surface area (Å²) >= 11 is 0. The zero-order valence-electron chi connectivity index (χ0n) is 35.1. The molecule has 4 N–H and O–H groups in total. The molecule has 15 nitrogen and oxygen atoms in total. The van der Waals surface area contributed by atoms with Crippen molar-refractivity contribution in [3.05, 3.63) is 89.2 Å². The number of nitrogen functional groups attached to an aromatic ring is 1. The van der Waals surface area contributed by atoms with Crippen LogP contribution < -0.4 is 20.9 Å². The molecule has 1 saturated carbocycles. The number of benzene rings is 2. The van der Waals surface area contributed by atoms with E-state index in [1.165, 1.54) is 0 Å². The smallest absolute Gasteiger partial charge is 0.328 e. The third-order valence-electron chi connectivity index (χ3n) is 13.0. The molecule has 4 fully saturated rings. The van der Waals surface area contributed by atoms with E-state index in [1.807, 2.05) is 49.1 Å². The normalized spacial score (nSPS) is 22.8. The summed E-state index contributed by atoms with van der Waals surface area (Å²) in [4.78, 5) is 51.1.